The average molecular weight is 260 g/mol. The number of nitrogens with zero attached hydrogens (tertiary/aromatic N) is 2. The minimum absolute atomic E-state index is 0. The van der Waals surface area contributed by atoms with Crippen molar-refractivity contribution < 1.29 is 0 Å². The molecule has 0 amide bonds. The van der Waals surface area contributed by atoms with Gasteiger partial charge < -0.3 is 5.32 Å². The number of thioether (sulfide) groups is 1. The molecule has 0 atom stereocenters. The lowest BCUT2D eigenvalue weighted by atomic mass is 9.96. The molecule has 16 heavy (non-hydrogen) atoms. The Morgan fingerprint density at radius 3 is 2.62 bits per heavy atom. The second-order valence-electron chi connectivity index (χ2n) is 3.86. The molecule has 2 heterocycles. The summed E-state index contributed by atoms with van der Waals surface area (Å²) >= 11 is 1.77. The second kappa shape index (κ2) is 7.87. The Balaban J connectivity index is 0.00000128. The monoisotopic (exact) mass is 259 g/mol. The van der Waals surface area contributed by atoms with Crippen LogP contribution >= 0.6 is 24.2 Å². The molecule has 90 valence electrons. The molecule has 0 saturated carbocycles. The molecule has 0 bridgehead atoms. The highest BCUT2D eigenvalue weighted by molar-refractivity contribution is 7.99. The molecule has 5 heteroatoms. The summed E-state index contributed by atoms with van der Waals surface area (Å²) in [5.41, 5.74) is 0. The van der Waals surface area contributed by atoms with Crippen molar-refractivity contribution in [2.24, 2.45) is 5.92 Å². The molecule has 2 rings (SSSR count). The number of halogens is 1. The summed E-state index contributed by atoms with van der Waals surface area (Å²) in [6, 6.07) is 1.86. The van der Waals surface area contributed by atoms with E-state index >= 15 is 0 Å². The van der Waals surface area contributed by atoms with Gasteiger partial charge in [-0.05, 0) is 44.3 Å². The zero-order valence-electron chi connectivity index (χ0n) is 9.26. The van der Waals surface area contributed by atoms with Gasteiger partial charge >= 0.3 is 0 Å². The van der Waals surface area contributed by atoms with Crippen molar-refractivity contribution in [2.45, 2.75) is 24.4 Å². The summed E-state index contributed by atoms with van der Waals surface area (Å²) < 4.78 is 0. The van der Waals surface area contributed by atoms with Gasteiger partial charge in [-0.2, -0.15) is 0 Å². The molecule has 1 aliphatic heterocycles. The maximum atomic E-state index is 4.20. The number of piperidine rings is 1. The summed E-state index contributed by atoms with van der Waals surface area (Å²) in [4.78, 5) is 8.40. The Hall–Kier alpha value is -0.320. The van der Waals surface area contributed by atoms with E-state index in [2.05, 4.69) is 15.3 Å². The van der Waals surface area contributed by atoms with Gasteiger partial charge in [-0.25, -0.2) is 9.97 Å². The molecular formula is C11H18ClN3S. The van der Waals surface area contributed by atoms with Crippen LogP contribution in [0.15, 0.2) is 23.6 Å². The molecule has 0 unspecified atom stereocenters. The third-order valence-corrected chi connectivity index (χ3v) is 3.67. The predicted octanol–water partition coefficient (Wildman–Crippen LogP) is 2.38. The first-order valence-corrected chi connectivity index (χ1v) is 6.54. The molecule has 1 saturated heterocycles. The van der Waals surface area contributed by atoms with E-state index in [4.69, 9.17) is 0 Å². The standard InChI is InChI=1S/C11H17N3S.ClH/c1-5-13-11(14-6-1)15-9-4-10-2-7-12-8-3-10;/h1,5-6,10,12H,2-4,7-9H2;1H. The summed E-state index contributed by atoms with van der Waals surface area (Å²) in [6.45, 7) is 2.38. The fourth-order valence-corrected chi connectivity index (χ4v) is 2.75. The zero-order valence-corrected chi connectivity index (χ0v) is 10.9. The van der Waals surface area contributed by atoms with E-state index in [0.29, 0.717) is 0 Å². The van der Waals surface area contributed by atoms with Crippen molar-refractivity contribution in [3.63, 3.8) is 0 Å². The first kappa shape index (κ1) is 13.7. The van der Waals surface area contributed by atoms with Crippen molar-refractivity contribution in [1.29, 1.82) is 0 Å². The topological polar surface area (TPSA) is 37.8 Å². The summed E-state index contributed by atoms with van der Waals surface area (Å²) in [6.07, 6.45) is 7.57. The number of hydrogen-bond acceptors (Lipinski definition) is 4. The van der Waals surface area contributed by atoms with Crippen LogP contribution < -0.4 is 5.32 Å². The first-order valence-electron chi connectivity index (χ1n) is 5.55. The van der Waals surface area contributed by atoms with E-state index in [-0.39, 0.29) is 12.4 Å². The highest BCUT2D eigenvalue weighted by atomic mass is 35.5. The normalized spacial score (nSPS) is 16.8. The van der Waals surface area contributed by atoms with E-state index in [9.17, 15) is 0 Å². The SMILES string of the molecule is Cl.c1cnc(SCCC2CCNCC2)nc1. The molecule has 0 spiro atoms. The number of hydrogen-bond donors (Lipinski definition) is 1. The molecule has 1 aromatic rings. The van der Waals surface area contributed by atoms with E-state index in [0.717, 1.165) is 16.8 Å². The van der Waals surface area contributed by atoms with Crippen LogP contribution in [0.1, 0.15) is 19.3 Å². The number of rotatable bonds is 4. The summed E-state index contributed by atoms with van der Waals surface area (Å²) in [5.74, 6) is 2.05. The van der Waals surface area contributed by atoms with Crippen LogP contribution in [0.2, 0.25) is 0 Å². The highest BCUT2D eigenvalue weighted by Gasteiger charge is 2.12. The van der Waals surface area contributed by atoms with Gasteiger partial charge in [0.05, 0.1) is 0 Å². The molecule has 0 radical (unpaired) electrons. The molecule has 0 aliphatic carbocycles. The zero-order chi connectivity index (χ0) is 10.3. The fraction of sp³-hybridized carbons (Fsp3) is 0.636. The van der Waals surface area contributed by atoms with Gasteiger partial charge in [0.25, 0.3) is 0 Å². The maximum absolute atomic E-state index is 4.20. The van der Waals surface area contributed by atoms with Gasteiger partial charge in [-0.1, -0.05) is 11.8 Å². The van der Waals surface area contributed by atoms with Gasteiger partial charge in [0.1, 0.15) is 0 Å². The molecule has 1 aliphatic rings. The molecule has 0 aromatic carbocycles. The summed E-state index contributed by atoms with van der Waals surface area (Å²) in [5, 5.41) is 4.30. The van der Waals surface area contributed by atoms with Crippen LogP contribution in [0.25, 0.3) is 0 Å². The minimum Gasteiger partial charge on any atom is -0.317 e. The molecular weight excluding hydrogens is 242 g/mol. The van der Waals surface area contributed by atoms with Crippen LogP contribution in [0.5, 0.6) is 0 Å². The lowest BCUT2D eigenvalue weighted by molar-refractivity contribution is 0.367. The third-order valence-electron chi connectivity index (χ3n) is 2.76. The van der Waals surface area contributed by atoms with Crippen LogP contribution in [-0.4, -0.2) is 28.8 Å². The maximum Gasteiger partial charge on any atom is 0.187 e. The Morgan fingerprint density at radius 1 is 1.25 bits per heavy atom. The van der Waals surface area contributed by atoms with Gasteiger partial charge in [0, 0.05) is 18.1 Å². The first-order chi connectivity index (χ1) is 7.45. The van der Waals surface area contributed by atoms with Crippen LogP contribution in [-0.2, 0) is 0 Å². The van der Waals surface area contributed by atoms with E-state index in [1.54, 1.807) is 24.2 Å². The number of nitrogens with one attached hydrogen (secondary N) is 1. The van der Waals surface area contributed by atoms with Crippen molar-refractivity contribution >= 4 is 24.2 Å². The van der Waals surface area contributed by atoms with E-state index in [1.807, 2.05) is 6.07 Å². The fourth-order valence-electron chi connectivity index (χ4n) is 1.85. The Bertz CT molecular complexity index is 278. The third kappa shape index (κ3) is 4.68. The van der Waals surface area contributed by atoms with Gasteiger partial charge in [-0.3, -0.25) is 0 Å². The van der Waals surface area contributed by atoms with E-state index < -0.39 is 0 Å². The Labute approximate surface area is 107 Å². The molecule has 1 fully saturated rings. The molecule has 1 N–H and O–H groups in total. The van der Waals surface area contributed by atoms with Crippen LogP contribution in [0, 0.1) is 5.92 Å². The van der Waals surface area contributed by atoms with Gasteiger partial charge in [0.15, 0.2) is 5.16 Å². The minimum atomic E-state index is 0. The highest BCUT2D eigenvalue weighted by Crippen LogP contribution is 2.21. The quantitative estimate of drug-likeness (QED) is 0.666. The largest absolute Gasteiger partial charge is 0.317 e. The molecule has 3 nitrogen and oxygen atoms in total. The smallest absolute Gasteiger partial charge is 0.187 e. The Kier molecular flexibility index (Phi) is 6.76. The van der Waals surface area contributed by atoms with Gasteiger partial charge in [-0.15, -0.1) is 12.4 Å². The Morgan fingerprint density at radius 2 is 1.94 bits per heavy atom. The van der Waals surface area contributed by atoms with E-state index in [1.165, 1.54) is 32.4 Å². The lowest BCUT2D eigenvalue weighted by Gasteiger charge is -2.21. The van der Waals surface area contributed by atoms with Crippen molar-refractivity contribution in [3.8, 4) is 0 Å². The second-order valence-corrected chi connectivity index (χ2v) is 4.92. The molecule has 1 aromatic heterocycles. The summed E-state index contributed by atoms with van der Waals surface area (Å²) in [7, 11) is 0. The van der Waals surface area contributed by atoms with Crippen molar-refractivity contribution in [1.82, 2.24) is 15.3 Å². The van der Waals surface area contributed by atoms with Crippen molar-refractivity contribution in [2.75, 3.05) is 18.8 Å². The number of aromatic nitrogens is 2. The van der Waals surface area contributed by atoms with Gasteiger partial charge in [0.2, 0.25) is 0 Å². The van der Waals surface area contributed by atoms with Crippen LogP contribution in [0.3, 0.4) is 0 Å². The average Bonchev–Trinajstić information content (AvgIpc) is 2.32. The predicted molar refractivity (Wildman–Crippen MR) is 70.2 cm³/mol. The van der Waals surface area contributed by atoms with Crippen LogP contribution in [0.4, 0.5) is 0 Å². The lowest BCUT2D eigenvalue weighted by Crippen LogP contribution is -2.27. The van der Waals surface area contributed by atoms with Crippen molar-refractivity contribution in [3.05, 3.63) is 18.5 Å².